The van der Waals surface area contributed by atoms with E-state index >= 15 is 0 Å². The summed E-state index contributed by atoms with van der Waals surface area (Å²) in [6.45, 7) is 2.12. The van der Waals surface area contributed by atoms with Gasteiger partial charge in [-0.1, -0.05) is 12.1 Å². The molecule has 9 heteroatoms. The summed E-state index contributed by atoms with van der Waals surface area (Å²) in [5.41, 5.74) is 1.07. The second kappa shape index (κ2) is 7.82. The van der Waals surface area contributed by atoms with E-state index in [1.165, 1.54) is 4.80 Å². The van der Waals surface area contributed by atoms with E-state index in [1.807, 2.05) is 40.6 Å². The van der Waals surface area contributed by atoms with Crippen molar-refractivity contribution in [1.29, 1.82) is 0 Å². The van der Waals surface area contributed by atoms with E-state index in [9.17, 15) is 4.79 Å². The fraction of sp³-hybridized carbons (Fsp3) is 0.400. The molecule has 1 fully saturated rings. The van der Waals surface area contributed by atoms with Crippen molar-refractivity contribution in [2.24, 2.45) is 0 Å². The van der Waals surface area contributed by atoms with Crippen molar-refractivity contribution >= 4 is 17.2 Å². The first kappa shape index (κ1) is 18.1. The molecule has 0 saturated carbocycles. The van der Waals surface area contributed by atoms with E-state index in [0.717, 1.165) is 47.7 Å². The van der Waals surface area contributed by atoms with Crippen LogP contribution in [0.1, 0.15) is 30.9 Å². The van der Waals surface area contributed by atoms with Crippen LogP contribution in [-0.4, -0.2) is 50.8 Å². The summed E-state index contributed by atoms with van der Waals surface area (Å²) in [5, 5.41) is 14.4. The number of hydrogen-bond acceptors (Lipinski definition) is 7. The lowest BCUT2D eigenvalue weighted by Crippen LogP contribution is -2.34. The number of carbonyl (C=O) groups is 1. The predicted octanol–water partition coefficient (Wildman–Crippen LogP) is 2.93. The Kier molecular flexibility index (Phi) is 4.89. The van der Waals surface area contributed by atoms with Gasteiger partial charge in [0, 0.05) is 13.0 Å². The fourth-order valence-corrected chi connectivity index (χ4v) is 4.47. The van der Waals surface area contributed by atoms with Crippen molar-refractivity contribution in [3.8, 4) is 22.2 Å². The monoisotopic (exact) mass is 411 g/mol. The van der Waals surface area contributed by atoms with Crippen molar-refractivity contribution < 1.29 is 14.3 Å². The first-order valence-electron chi connectivity index (χ1n) is 9.78. The van der Waals surface area contributed by atoms with Crippen molar-refractivity contribution in [1.82, 2.24) is 25.1 Å². The van der Waals surface area contributed by atoms with Crippen LogP contribution in [0, 0.1) is 0 Å². The minimum atomic E-state index is -0.00487. The highest BCUT2D eigenvalue weighted by Crippen LogP contribution is 2.38. The van der Waals surface area contributed by atoms with Crippen LogP contribution in [0.5, 0.6) is 11.5 Å². The standard InChI is InChI=1S/C20H21N5O3S/c26-19(13-25-22-20(21-23-25)18-5-2-11-29-18)24-8-1-4-15(24)14-6-7-16-17(12-14)28-10-3-9-27-16/h2,5-7,11-12,15H,1,3-4,8-10,13H2/t15-/m0/s1. The largest absolute Gasteiger partial charge is 0.490 e. The second-order valence-electron chi connectivity index (χ2n) is 7.12. The zero-order valence-corrected chi connectivity index (χ0v) is 16.7. The molecule has 4 heterocycles. The average Bonchev–Trinajstić information content (AvgIpc) is 3.47. The molecule has 0 radical (unpaired) electrons. The molecule has 0 unspecified atom stereocenters. The van der Waals surface area contributed by atoms with Gasteiger partial charge in [-0.15, -0.1) is 21.5 Å². The molecule has 1 aromatic carbocycles. The fourth-order valence-electron chi connectivity index (χ4n) is 3.83. The number of aromatic nitrogens is 4. The predicted molar refractivity (Wildman–Crippen MR) is 107 cm³/mol. The number of nitrogens with zero attached hydrogens (tertiary/aromatic N) is 5. The maximum absolute atomic E-state index is 13.0. The van der Waals surface area contributed by atoms with E-state index in [4.69, 9.17) is 9.47 Å². The Hall–Kier alpha value is -2.94. The highest BCUT2D eigenvalue weighted by Gasteiger charge is 2.31. The molecule has 2 aliphatic heterocycles. The normalized spacial score (nSPS) is 18.6. The lowest BCUT2D eigenvalue weighted by atomic mass is 10.0. The Balaban J connectivity index is 1.32. The van der Waals surface area contributed by atoms with E-state index in [-0.39, 0.29) is 18.5 Å². The van der Waals surface area contributed by atoms with Gasteiger partial charge >= 0.3 is 0 Å². The minimum absolute atomic E-state index is 0.00487. The van der Waals surface area contributed by atoms with E-state index < -0.39 is 0 Å². The zero-order valence-electron chi connectivity index (χ0n) is 15.9. The Labute approximate surface area is 172 Å². The van der Waals surface area contributed by atoms with Crippen LogP contribution in [0.2, 0.25) is 0 Å². The summed E-state index contributed by atoms with van der Waals surface area (Å²) < 4.78 is 11.5. The quantitative estimate of drug-likeness (QED) is 0.657. The average molecular weight is 411 g/mol. The Morgan fingerprint density at radius 2 is 2.07 bits per heavy atom. The molecule has 5 rings (SSSR count). The van der Waals surface area contributed by atoms with Crippen LogP contribution in [0.15, 0.2) is 35.7 Å². The molecule has 1 saturated heterocycles. The van der Waals surface area contributed by atoms with Gasteiger partial charge in [0.25, 0.3) is 0 Å². The highest BCUT2D eigenvalue weighted by molar-refractivity contribution is 7.13. The molecule has 29 heavy (non-hydrogen) atoms. The first-order chi connectivity index (χ1) is 14.3. The molecule has 3 aromatic rings. The maximum Gasteiger partial charge on any atom is 0.246 e. The van der Waals surface area contributed by atoms with Gasteiger partial charge < -0.3 is 14.4 Å². The summed E-state index contributed by atoms with van der Waals surface area (Å²) in [6.07, 6.45) is 2.77. The summed E-state index contributed by atoms with van der Waals surface area (Å²) in [5.74, 6) is 2.08. The number of thiophene rings is 1. The van der Waals surface area contributed by atoms with Crippen molar-refractivity contribution in [2.75, 3.05) is 19.8 Å². The molecule has 2 aromatic heterocycles. The smallest absolute Gasteiger partial charge is 0.246 e. The minimum Gasteiger partial charge on any atom is -0.490 e. The molecule has 1 atom stereocenters. The van der Waals surface area contributed by atoms with Crippen LogP contribution >= 0.6 is 11.3 Å². The van der Waals surface area contributed by atoms with E-state index in [1.54, 1.807) is 11.3 Å². The Morgan fingerprint density at radius 3 is 2.93 bits per heavy atom. The molecule has 150 valence electrons. The third kappa shape index (κ3) is 3.69. The third-order valence-corrected chi connectivity index (χ3v) is 6.07. The van der Waals surface area contributed by atoms with Gasteiger partial charge in [0.1, 0.15) is 6.54 Å². The van der Waals surface area contributed by atoms with E-state index in [2.05, 4.69) is 15.4 Å². The van der Waals surface area contributed by atoms with Crippen LogP contribution in [-0.2, 0) is 11.3 Å². The molecule has 0 aliphatic carbocycles. The number of carbonyl (C=O) groups excluding carboxylic acids is 1. The van der Waals surface area contributed by atoms with Gasteiger partial charge in [-0.25, -0.2) is 0 Å². The number of amides is 1. The second-order valence-corrected chi connectivity index (χ2v) is 8.07. The van der Waals surface area contributed by atoms with Gasteiger partial charge in [-0.3, -0.25) is 4.79 Å². The number of fused-ring (bicyclic) bond motifs is 1. The number of tetrazole rings is 1. The Bertz CT molecular complexity index is 1000. The van der Waals surface area contributed by atoms with Gasteiger partial charge in [0.2, 0.25) is 11.7 Å². The topological polar surface area (TPSA) is 82.4 Å². The van der Waals surface area contributed by atoms with Gasteiger partial charge in [0.05, 0.1) is 24.1 Å². The molecule has 0 bridgehead atoms. The summed E-state index contributed by atoms with van der Waals surface area (Å²) in [6, 6.07) is 9.90. The highest BCUT2D eigenvalue weighted by atomic mass is 32.1. The van der Waals surface area contributed by atoms with Gasteiger partial charge in [-0.05, 0) is 47.2 Å². The zero-order chi connectivity index (χ0) is 19.6. The Morgan fingerprint density at radius 1 is 1.17 bits per heavy atom. The number of likely N-dealkylation sites (tertiary alicyclic amines) is 1. The molecule has 0 spiro atoms. The van der Waals surface area contributed by atoms with Crippen LogP contribution in [0.4, 0.5) is 0 Å². The van der Waals surface area contributed by atoms with E-state index in [0.29, 0.717) is 19.0 Å². The number of hydrogen-bond donors (Lipinski definition) is 0. The van der Waals surface area contributed by atoms with Gasteiger partial charge in [0.15, 0.2) is 11.5 Å². The number of benzene rings is 1. The van der Waals surface area contributed by atoms with Crippen LogP contribution < -0.4 is 9.47 Å². The number of ether oxygens (including phenoxy) is 2. The molecule has 1 amide bonds. The maximum atomic E-state index is 13.0. The summed E-state index contributed by atoms with van der Waals surface area (Å²) >= 11 is 1.55. The molecule has 8 nitrogen and oxygen atoms in total. The summed E-state index contributed by atoms with van der Waals surface area (Å²) in [7, 11) is 0. The SMILES string of the molecule is O=C(Cn1nnc(-c2cccs2)n1)N1CCC[C@H]1c1ccc2c(c1)OCCCO2. The van der Waals surface area contributed by atoms with Gasteiger partial charge in [-0.2, -0.15) is 4.80 Å². The lowest BCUT2D eigenvalue weighted by molar-refractivity contribution is -0.133. The lowest BCUT2D eigenvalue weighted by Gasteiger charge is -2.25. The summed E-state index contributed by atoms with van der Waals surface area (Å²) in [4.78, 5) is 17.2. The van der Waals surface area contributed by atoms with Crippen LogP contribution in [0.3, 0.4) is 0 Å². The molecule has 2 aliphatic rings. The molecular formula is C20H21N5O3S. The van der Waals surface area contributed by atoms with Crippen molar-refractivity contribution in [2.45, 2.75) is 31.8 Å². The van der Waals surface area contributed by atoms with Crippen molar-refractivity contribution in [3.05, 3.63) is 41.3 Å². The third-order valence-electron chi connectivity index (χ3n) is 5.20. The molecular weight excluding hydrogens is 390 g/mol. The number of rotatable bonds is 4. The first-order valence-corrected chi connectivity index (χ1v) is 10.7. The van der Waals surface area contributed by atoms with Crippen molar-refractivity contribution in [3.63, 3.8) is 0 Å². The molecule has 0 N–H and O–H groups in total. The van der Waals surface area contributed by atoms with Crippen LogP contribution in [0.25, 0.3) is 10.7 Å².